The Kier molecular flexibility index (Phi) is 4.44. The van der Waals surface area contributed by atoms with E-state index in [1.54, 1.807) is 12.3 Å². The Morgan fingerprint density at radius 3 is 2.28 bits per heavy atom. The molecule has 6 nitrogen and oxygen atoms in total. The highest BCUT2D eigenvalue weighted by Crippen LogP contribution is 2.36. The quantitative estimate of drug-likeness (QED) is 0.577. The summed E-state index contributed by atoms with van der Waals surface area (Å²) in [6.07, 6.45) is 2.45. The molecule has 0 amide bonds. The van der Waals surface area contributed by atoms with Crippen molar-refractivity contribution in [3.8, 4) is 0 Å². The number of rotatable bonds is 4. The maximum Gasteiger partial charge on any atom is 0.227 e. The van der Waals surface area contributed by atoms with Crippen molar-refractivity contribution in [2.75, 3.05) is 17.2 Å². The molecular formula is C23H21N5O. The van der Waals surface area contributed by atoms with Crippen LogP contribution < -0.4 is 10.6 Å². The molecule has 6 heteroatoms. The van der Waals surface area contributed by atoms with Gasteiger partial charge in [-0.25, -0.2) is 4.98 Å². The summed E-state index contributed by atoms with van der Waals surface area (Å²) in [7, 11) is 0. The van der Waals surface area contributed by atoms with Crippen molar-refractivity contribution in [1.82, 2.24) is 15.1 Å². The van der Waals surface area contributed by atoms with Crippen molar-refractivity contribution >= 4 is 11.8 Å². The second-order valence-electron chi connectivity index (χ2n) is 7.18. The minimum atomic E-state index is 0.00612. The van der Waals surface area contributed by atoms with Crippen molar-refractivity contribution < 1.29 is 4.52 Å². The molecule has 0 saturated heterocycles. The third-order valence-electron chi connectivity index (χ3n) is 5.34. The van der Waals surface area contributed by atoms with Crippen molar-refractivity contribution in [2.45, 2.75) is 18.9 Å². The predicted octanol–water partition coefficient (Wildman–Crippen LogP) is 3.79. The van der Waals surface area contributed by atoms with E-state index < -0.39 is 0 Å². The summed E-state index contributed by atoms with van der Waals surface area (Å²) < 4.78 is 5.78. The molecule has 0 atom stereocenters. The van der Waals surface area contributed by atoms with E-state index in [4.69, 9.17) is 10.3 Å². The number of anilines is 2. The fraction of sp³-hybridized carbons (Fsp3) is 0.174. The smallest absolute Gasteiger partial charge is 0.227 e. The first-order valence-corrected chi connectivity index (χ1v) is 9.70. The van der Waals surface area contributed by atoms with E-state index in [-0.39, 0.29) is 5.92 Å². The molecule has 3 heterocycles. The summed E-state index contributed by atoms with van der Waals surface area (Å²) in [5.41, 5.74) is 10.3. The van der Waals surface area contributed by atoms with E-state index in [9.17, 15) is 0 Å². The van der Waals surface area contributed by atoms with Gasteiger partial charge >= 0.3 is 0 Å². The largest absolute Gasteiger partial charge is 0.384 e. The number of nitrogens with zero attached hydrogens (tertiary/aromatic N) is 4. The summed E-state index contributed by atoms with van der Waals surface area (Å²) in [6.45, 7) is 1.42. The van der Waals surface area contributed by atoms with Gasteiger partial charge in [0.15, 0.2) is 0 Å². The normalized spacial score (nSPS) is 13.5. The Morgan fingerprint density at radius 2 is 1.62 bits per heavy atom. The Bertz CT molecular complexity index is 1070. The zero-order valence-electron chi connectivity index (χ0n) is 15.9. The van der Waals surface area contributed by atoms with Crippen LogP contribution in [0.2, 0.25) is 0 Å². The van der Waals surface area contributed by atoms with E-state index in [2.05, 4.69) is 68.6 Å². The first-order valence-electron chi connectivity index (χ1n) is 9.70. The third kappa shape index (κ3) is 3.33. The number of aromatic nitrogens is 3. The van der Waals surface area contributed by atoms with Crippen LogP contribution in [0.15, 0.2) is 77.4 Å². The Balaban J connectivity index is 1.57. The SMILES string of the molecule is Nc1ccnc(N2CCc3onc(C(c4ccccc4)c4ccccc4)c3C2)n1. The summed E-state index contributed by atoms with van der Waals surface area (Å²) >= 11 is 0. The number of hydrogen-bond donors (Lipinski definition) is 1. The zero-order valence-corrected chi connectivity index (χ0v) is 15.9. The van der Waals surface area contributed by atoms with Crippen LogP contribution in [0.25, 0.3) is 0 Å². The zero-order chi connectivity index (χ0) is 19.6. The molecule has 0 spiro atoms. The van der Waals surface area contributed by atoms with Gasteiger partial charge in [-0.05, 0) is 17.2 Å². The average Bonchev–Trinajstić information content (AvgIpc) is 3.18. The van der Waals surface area contributed by atoms with Crippen LogP contribution in [0.1, 0.15) is 34.1 Å². The van der Waals surface area contributed by atoms with Gasteiger partial charge in [0, 0.05) is 24.7 Å². The van der Waals surface area contributed by atoms with Gasteiger partial charge in [0.1, 0.15) is 17.3 Å². The molecule has 29 heavy (non-hydrogen) atoms. The number of hydrogen-bond acceptors (Lipinski definition) is 6. The standard InChI is InChI=1S/C23H21N5O/c24-20-11-13-25-23(26-20)28-14-12-19-18(15-28)22(27-29-19)21(16-7-3-1-4-8-16)17-9-5-2-6-10-17/h1-11,13,21H,12,14-15H2,(H2,24,25,26). The van der Waals surface area contributed by atoms with Gasteiger partial charge in [-0.1, -0.05) is 65.8 Å². The first-order chi connectivity index (χ1) is 14.3. The van der Waals surface area contributed by atoms with E-state index >= 15 is 0 Å². The lowest BCUT2D eigenvalue weighted by atomic mass is 9.85. The van der Waals surface area contributed by atoms with Gasteiger partial charge in [0.05, 0.1) is 12.5 Å². The van der Waals surface area contributed by atoms with Crippen molar-refractivity contribution in [1.29, 1.82) is 0 Å². The van der Waals surface area contributed by atoms with Crippen molar-refractivity contribution in [3.05, 3.63) is 101 Å². The van der Waals surface area contributed by atoms with Crippen LogP contribution >= 0.6 is 0 Å². The minimum Gasteiger partial charge on any atom is -0.384 e. The van der Waals surface area contributed by atoms with Gasteiger partial charge in [-0.15, -0.1) is 0 Å². The van der Waals surface area contributed by atoms with Crippen LogP contribution in [0.3, 0.4) is 0 Å². The Morgan fingerprint density at radius 1 is 0.931 bits per heavy atom. The fourth-order valence-corrected chi connectivity index (χ4v) is 3.94. The first kappa shape index (κ1) is 17.4. The van der Waals surface area contributed by atoms with E-state index in [1.165, 1.54) is 11.1 Å². The van der Waals surface area contributed by atoms with Crippen LogP contribution in [0.5, 0.6) is 0 Å². The molecule has 5 rings (SSSR count). The van der Waals surface area contributed by atoms with Crippen LogP contribution in [0.4, 0.5) is 11.8 Å². The summed E-state index contributed by atoms with van der Waals surface area (Å²) in [5, 5.41) is 4.53. The second-order valence-corrected chi connectivity index (χ2v) is 7.18. The molecule has 0 bridgehead atoms. The van der Waals surface area contributed by atoms with Crippen LogP contribution in [-0.2, 0) is 13.0 Å². The predicted molar refractivity (Wildman–Crippen MR) is 112 cm³/mol. The molecule has 4 aromatic rings. The molecule has 0 radical (unpaired) electrons. The van der Waals surface area contributed by atoms with Gasteiger partial charge in [0.2, 0.25) is 5.95 Å². The molecule has 144 valence electrons. The molecule has 0 fully saturated rings. The Labute approximate surface area is 169 Å². The molecule has 2 N–H and O–H groups in total. The lowest BCUT2D eigenvalue weighted by molar-refractivity contribution is 0.371. The van der Waals surface area contributed by atoms with Crippen LogP contribution in [-0.4, -0.2) is 21.7 Å². The monoisotopic (exact) mass is 383 g/mol. The van der Waals surface area contributed by atoms with E-state index in [0.717, 1.165) is 30.0 Å². The summed E-state index contributed by atoms with van der Waals surface area (Å²) in [6, 6.07) is 22.6. The number of nitrogen functional groups attached to an aromatic ring is 1. The average molecular weight is 383 g/mol. The maximum absolute atomic E-state index is 5.86. The molecule has 2 aromatic carbocycles. The molecule has 1 aliphatic rings. The topological polar surface area (TPSA) is 81.1 Å². The highest BCUT2D eigenvalue weighted by molar-refractivity contribution is 5.47. The molecule has 2 aromatic heterocycles. The molecule has 0 unspecified atom stereocenters. The lowest BCUT2D eigenvalue weighted by Gasteiger charge is -2.27. The highest BCUT2D eigenvalue weighted by atomic mass is 16.5. The van der Waals surface area contributed by atoms with E-state index in [1.807, 2.05) is 12.1 Å². The van der Waals surface area contributed by atoms with Crippen molar-refractivity contribution in [2.24, 2.45) is 0 Å². The van der Waals surface area contributed by atoms with Gasteiger partial charge in [-0.2, -0.15) is 4.98 Å². The number of nitrogens with two attached hydrogens (primary N) is 1. The third-order valence-corrected chi connectivity index (χ3v) is 5.34. The molecule has 1 aliphatic heterocycles. The van der Waals surface area contributed by atoms with Crippen molar-refractivity contribution in [3.63, 3.8) is 0 Å². The summed E-state index contributed by atoms with van der Waals surface area (Å²) in [5.74, 6) is 2.06. The second kappa shape index (κ2) is 7.39. The fourth-order valence-electron chi connectivity index (χ4n) is 3.94. The molecule has 0 saturated carbocycles. The lowest BCUT2D eigenvalue weighted by Crippen LogP contribution is -2.32. The van der Waals surface area contributed by atoms with Gasteiger partial charge in [0.25, 0.3) is 0 Å². The molecule has 0 aliphatic carbocycles. The number of fused-ring (bicyclic) bond motifs is 1. The van der Waals surface area contributed by atoms with E-state index in [0.29, 0.717) is 18.3 Å². The highest BCUT2D eigenvalue weighted by Gasteiger charge is 2.30. The van der Waals surface area contributed by atoms with Gasteiger partial charge in [-0.3, -0.25) is 0 Å². The Hall–Kier alpha value is -3.67. The summed E-state index contributed by atoms with van der Waals surface area (Å²) in [4.78, 5) is 10.9. The molecular weight excluding hydrogens is 362 g/mol. The van der Waals surface area contributed by atoms with Crippen LogP contribution in [0, 0.1) is 0 Å². The number of benzene rings is 2. The van der Waals surface area contributed by atoms with Gasteiger partial charge < -0.3 is 15.2 Å². The minimum absolute atomic E-state index is 0.00612. The maximum atomic E-state index is 5.86.